The molecular weight excluding hydrogens is 316 g/mol. The number of fused-ring (bicyclic) bond motifs is 2. The topological polar surface area (TPSA) is 42.0 Å². The summed E-state index contributed by atoms with van der Waals surface area (Å²) in [4.78, 5) is 17.1. The zero-order valence-corrected chi connectivity index (χ0v) is 14.3. The molecule has 0 bridgehead atoms. The summed E-state index contributed by atoms with van der Waals surface area (Å²) in [7, 11) is 0. The minimum absolute atomic E-state index is 0.130. The lowest BCUT2D eigenvalue weighted by Crippen LogP contribution is -2.11. The van der Waals surface area contributed by atoms with Gasteiger partial charge < -0.3 is 0 Å². The monoisotopic (exact) mass is 332 g/mol. The van der Waals surface area contributed by atoms with Gasteiger partial charge in [-0.25, -0.2) is 4.98 Å². The van der Waals surface area contributed by atoms with Gasteiger partial charge in [-0.05, 0) is 53.9 Å². The minimum atomic E-state index is -0.130. The van der Waals surface area contributed by atoms with Crippen LogP contribution in [0.1, 0.15) is 21.5 Å². The van der Waals surface area contributed by atoms with Gasteiger partial charge in [-0.2, -0.15) is 0 Å². The Morgan fingerprint density at radius 2 is 1.79 bits per heavy atom. The SMILES string of the molecule is Cc1cc(C)c2nc(NC(=O)c3ccc4ccccc4c3)sc2c1. The fourth-order valence-corrected chi connectivity index (χ4v) is 3.96. The van der Waals surface area contributed by atoms with Crippen LogP contribution in [-0.4, -0.2) is 10.9 Å². The predicted octanol–water partition coefficient (Wildman–Crippen LogP) is 5.32. The Morgan fingerprint density at radius 1 is 1.00 bits per heavy atom. The van der Waals surface area contributed by atoms with Crippen LogP contribution in [-0.2, 0) is 0 Å². The van der Waals surface area contributed by atoms with Gasteiger partial charge in [0.25, 0.3) is 5.91 Å². The lowest BCUT2D eigenvalue weighted by molar-refractivity contribution is 0.102. The predicted molar refractivity (Wildman–Crippen MR) is 101 cm³/mol. The first-order valence-electron chi connectivity index (χ1n) is 7.78. The molecule has 1 amide bonds. The van der Waals surface area contributed by atoms with E-state index >= 15 is 0 Å². The van der Waals surface area contributed by atoms with Crippen molar-refractivity contribution in [2.24, 2.45) is 0 Å². The van der Waals surface area contributed by atoms with Crippen LogP contribution >= 0.6 is 11.3 Å². The van der Waals surface area contributed by atoms with Crippen LogP contribution in [0.25, 0.3) is 21.0 Å². The van der Waals surface area contributed by atoms with Gasteiger partial charge in [-0.1, -0.05) is 47.7 Å². The van der Waals surface area contributed by atoms with Crippen LogP contribution in [0.5, 0.6) is 0 Å². The van der Waals surface area contributed by atoms with Crippen molar-refractivity contribution in [3.05, 3.63) is 71.3 Å². The molecule has 4 aromatic rings. The van der Waals surface area contributed by atoms with Gasteiger partial charge in [-0.3, -0.25) is 10.1 Å². The summed E-state index contributed by atoms with van der Waals surface area (Å²) in [6, 6.07) is 18.0. The van der Waals surface area contributed by atoms with Crippen LogP contribution in [0.3, 0.4) is 0 Å². The number of aromatic nitrogens is 1. The quantitative estimate of drug-likeness (QED) is 0.540. The molecule has 0 saturated heterocycles. The average molecular weight is 332 g/mol. The highest BCUT2D eigenvalue weighted by Gasteiger charge is 2.12. The highest BCUT2D eigenvalue weighted by Crippen LogP contribution is 2.29. The summed E-state index contributed by atoms with van der Waals surface area (Å²) in [5, 5.41) is 5.75. The number of nitrogens with one attached hydrogen (secondary N) is 1. The summed E-state index contributed by atoms with van der Waals surface area (Å²) in [5.74, 6) is -0.130. The highest BCUT2D eigenvalue weighted by molar-refractivity contribution is 7.22. The molecule has 0 spiro atoms. The number of carbonyl (C=O) groups is 1. The molecule has 0 unspecified atom stereocenters. The number of rotatable bonds is 2. The Morgan fingerprint density at radius 3 is 2.62 bits per heavy atom. The molecule has 3 nitrogen and oxygen atoms in total. The number of thiazole rings is 1. The maximum absolute atomic E-state index is 12.5. The lowest BCUT2D eigenvalue weighted by atomic mass is 10.1. The Labute approximate surface area is 144 Å². The van der Waals surface area contributed by atoms with Crippen molar-refractivity contribution in [3.8, 4) is 0 Å². The van der Waals surface area contributed by atoms with Crippen LogP contribution in [0.4, 0.5) is 5.13 Å². The number of nitrogens with zero attached hydrogens (tertiary/aromatic N) is 1. The molecule has 0 aliphatic carbocycles. The molecule has 0 aliphatic heterocycles. The van der Waals surface area contributed by atoms with E-state index in [1.807, 2.05) is 49.4 Å². The van der Waals surface area contributed by atoms with E-state index in [9.17, 15) is 4.79 Å². The fourth-order valence-electron chi connectivity index (χ4n) is 2.92. The van der Waals surface area contributed by atoms with Crippen LogP contribution < -0.4 is 5.32 Å². The smallest absolute Gasteiger partial charge is 0.257 e. The molecule has 0 atom stereocenters. The number of carbonyl (C=O) groups excluding carboxylic acids is 1. The summed E-state index contributed by atoms with van der Waals surface area (Å²) < 4.78 is 1.10. The van der Waals surface area contributed by atoms with Gasteiger partial charge in [0.15, 0.2) is 5.13 Å². The molecule has 4 rings (SSSR count). The second kappa shape index (κ2) is 5.73. The summed E-state index contributed by atoms with van der Waals surface area (Å²) in [5.41, 5.74) is 3.93. The molecule has 1 aromatic heterocycles. The van der Waals surface area contributed by atoms with Crippen LogP contribution in [0.15, 0.2) is 54.6 Å². The molecule has 3 aromatic carbocycles. The molecule has 0 radical (unpaired) electrons. The maximum atomic E-state index is 12.5. The third-order valence-corrected chi connectivity index (χ3v) is 4.98. The lowest BCUT2D eigenvalue weighted by Gasteiger charge is -2.03. The molecule has 0 aliphatic rings. The molecule has 1 N–H and O–H groups in total. The number of aryl methyl sites for hydroxylation is 2. The van der Waals surface area contributed by atoms with Gasteiger partial charge in [0, 0.05) is 5.56 Å². The number of benzene rings is 3. The van der Waals surface area contributed by atoms with Crippen molar-refractivity contribution in [2.45, 2.75) is 13.8 Å². The Bertz CT molecular complexity index is 1080. The molecule has 1 heterocycles. The molecule has 0 saturated carbocycles. The van der Waals surface area contributed by atoms with Crippen LogP contribution in [0.2, 0.25) is 0 Å². The van der Waals surface area contributed by atoms with Crippen molar-refractivity contribution in [2.75, 3.05) is 5.32 Å². The third kappa shape index (κ3) is 2.65. The van der Waals surface area contributed by atoms with E-state index in [2.05, 4.69) is 29.4 Å². The van der Waals surface area contributed by atoms with Crippen molar-refractivity contribution in [1.29, 1.82) is 0 Å². The van der Waals surface area contributed by atoms with Gasteiger partial charge in [0.2, 0.25) is 0 Å². The van der Waals surface area contributed by atoms with Gasteiger partial charge in [0.05, 0.1) is 10.2 Å². The van der Waals surface area contributed by atoms with E-state index in [0.29, 0.717) is 10.7 Å². The molecular formula is C20H16N2OS. The van der Waals surface area contributed by atoms with Gasteiger partial charge in [0.1, 0.15) is 0 Å². The van der Waals surface area contributed by atoms with Crippen molar-refractivity contribution in [1.82, 2.24) is 4.98 Å². The second-order valence-corrected chi connectivity index (χ2v) is 6.99. The minimum Gasteiger partial charge on any atom is -0.298 e. The second-order valence-electron chi connectivity index (χ2n) is 5.96. The molecule has 24 heavy (non-hydrogen) atoms. The number of hydrogen-bond acceptors (Lipinski definition) is 3. The van der Waals surface area contributed by atoms with Crippen LogP contribution in [0, 0.1) is 13.8 Å². The first kappa shape index (κ1) is 14.8. The Hall–Kier alpha value is -2.72. The molecule has 0 fully saturated rings. The average Bonchev–Trinajstić information content (AvgIpc) is 2.97. The van der Waals surface area contributed by atoms with E-state index in [0.717, 1.165) is 26.6 Å². The Balaban J connectivity index is 1.66. The first-order valence-corrected chi connectivity index (χ1v) is 8.60. The van der Waals surface area contributed by atoms with E-state index in [1.165, 1.54) is 16.9 Å². The maximum Gasteiger partial charge on any atom is 0.257 e. The Kier molecular flexibility index (Phi) is 3.54. The summed E-state index contributed by atoms with van der Waals surface area (Å²) in [6.07, 6.45) is 0. The molecule has 4 heteroatoms. The zero-order chi connectivity index (χ0) is 16.7. The summed E-state index contributed by atoms with van der Waals surface area (Å²) in [6.45, 7) is 4.11. The van der Waals surface area contributed by atoms with E-state index in [4.69, 9.17) is 0 Å². The third-order valence-electron chi connectivity index (χ3n) is 4.06. The normalized spacial score (nSPS) is 11.1. The highest BCUT2D eigenvalue weighted by atomic mass is 32.1. The van der Waals surface area contributed by atoms with Crippen molar-refractivity contribution < 1.29 is 4.79 Å². The van der Waals surface area contributed by atoms with E-state index in [1.54, 1.807) is 0 Å². The van der Waals surface area contributed by atoms with E-state index in [-0.39, 0.29) is 5.91 Å². The van der Waals surface area contributed by atoms with Crippen molar-refractivity contribution >= 4 is 43.4 Å². The van der Waals surface area contributed by atoms with Gasteiger partial charge in [-0.15, -0.1) is 0 Å². The number of hydrogen-bond donors (Lipinski definition) is 1. The molecule has 118 valence electrons. The summed E-state index contributed by atoms with van der Waals surface area (Å²) >= 11 is 1.51. The number of amides is 1. The zero-order valence-electron chi connectivity index (χ0n) is 13.5. The van der Waals surface area contributed by atoms with Gasteiger partial charge >= 0.3 is 0 Å². The number of anilines is 1. The first-order chi connectivity index (χ1) is 11.6. The standard InChI is InChI=1S/C20H16N2OS/c1-12-9-13(2)18-17(10-12)24-20(21-18)22-19(23)16-8-7-14-5-3-4-6-15(14)11-16/h3-11H,1-2H3,(H,21,22,23). The fraction of sp³-hybridized carbons (Fsp3) is 0.100. The van der Waals surface area contributed by atoms with E-state index < -0.39 is 0 Å². The largest absolute Gasteiger partial charge is 0.298 e. The van der Waals surface area contributed by atoms with Crippen molar-refractivity contribution in [3.63, 3.8) is 0 Å².